The number of thioether (sulfide) groups is 1. The van der Waals surface area contributed by atoms with Crippen molar-refractivity contribution in [2.75, 3.05) is 17.3 Å². The maximum atomic E-state index is 11.5. The summed E-state index contributed by atoms with van der Waals surface area (Å²) < 4.78 is 34.1. The van der Waals surface area contributed by atoms with Crippen molar-refractivity contribution < 1.29 is 12.6 Å². The summed E-state index contributed by atoms with van der Waals surface area (Å²) in [7, 11) is -3.54. The zero-order valence-electron chi connectivity index (χ0n) is 18.7. The van der Waals surface area contributed by atoms with Gasteiger partial charge in [-0.3, -0.25) is 4.21 Å². The lowest BCUT2D eigenvalue weighted by Gasteiger charge is -2.14. The molecule has 0 saturated carbocycles. The molecule has 3 aliphatic rings. The van der Waals surface area contributed by atoms with Gasteiger partial charge in [-0.25, -0.2) is 8.42 Å². The first kappa shape index (κ1) is 24.2. The van der Waals surface area contributed by atoms with E-state index in [1.54, 1.807) is 23.3 Å². The summed E-state index contributed by atoms with van der Waals surface area (Å²) in [5.41, 5.74) is 6.73. The molecule has 3 nitrogen and oxygen atoms in total. The van der Waals surface area contributed by atoms with Crippen LogP contribution in [0.3, 0.4) is 0 Å². The summed E-state index contributed by atoms with van der Waals surface area (Å²) in [6.07, 6.45) is 3.92. The van der Waals surface area contributed by atoms with E-state index in [9.17, 15) is 12.6 Å². The van der Waals surface area contributed by atoms with E-state index in [-0.39, 0.29) is 0 Å². The summed E-state index contributed by atoms with van der Waals surface area (Å²) in [4.78, 5) is 0.538. The molecule has 6 heteroatoms. The molecule has 3 heterocycles. The Hall–Kier alpha value is -1.89. The van der Waals surface area contributed by atoms with Crippen molar-refractivity contribution in [2.24, 2.45) is 0 Å². The molecule has 0 fully saturated rings. The Bertz CT molecular complexity index is 1190. The SMILES string of the molecule is O=S1(=O)CCCc2ccccc21.O=S1CCc2ccccc2C1.c1ccc2c(c1)CCSC2. The molecule has 1 atom stereocenters. The van der Waals surface area contributed by atoms with Gasteiger partial charge in [0, 0.05) is 28.1 Å². The predicted molar refractivity (Wildman–Crippen MR) is 140 cm³/mol. The minimum atomic E-state index is -2.94. The van der Waals surface area contributed by atoms with Crippen LogP contribution in [0.2, 0.25) is 0 Å². The Morgan fingerprint density at radius 2 is 1.30 bits per heavy atom. The van der Waals surface area contributed by atoms with E-state index in [2.05, 4.69) is 36.4 Å². The maximum Gasteiger partial charge on any atom is 0.178 e. The molecule has 0 spiro atoms. The summed E-state index contributed by atoms with van der Waals surface area (Å²) in [5.74, 6) is 4.43. The van der Waals surface area contributed by atoms with E-state index in [1.165, 1.54) is 29.1 Å². The van der Waals surface area contributed by atoms with E-state index in [0.29, 0.717) is 10.6 Å². The Morgan fingerprint density at radius 3 is 2.00 bits per heavy atom. The van der Waals surface area contributed by atoms with E-state index in [1.807, 2.05) is 36.0 Å². The smallest absolute Gasteiger partial charge is 0.178 e. The van der Waals surface area contributed by atoms with Gasteiger partial charge >= 0.3 is 0 Å². The van der Waals surface area contributed by atoms with Gasteiger partial charge in [0.15, 0.2) is 9.84 Å². The molecule has 3 aromatic carbocycles. The first-order chi connectivity index (χ1) is 16.0. The van der Waals surface area contributed by atoms with E-state index in [0.717, 1.165) is 36.3 Å². The van der Waals surface area contributed by atoms with Crippen LogP contribution in [0.15, 0.2) is 77.7 Å². The Labute approximate surface area is 204 Å². The maximum absolute atomic E-state index is 11.5. The normalized spacial score (nSPS) is 19.8. The van der Waals surface area contributed by atoms with Gasteiger partial charge in [-0.2, -0.15) is 11.8 Å². The molecule has 33 heavy (non-hydrogen) atoms. The van der Waals surface area contributed by atoms with Gasteiger partial charge in [-0.1, -0.05) is 66.7 Å². The molecule has 0 radical (unpaired) electrons. The third-order valence-electron chi connectivity index (χ3n) is 6.09. The van der Waals surface area contributed by atoms with Gasteiger partial charge < -0.3 is 0 Å². The van der Waals surface area contributed by atoms with Crippen molar-refractivity contribution >= 4 is 32.4 Å². The number of hydrogen-bond donors (Lipinski definition) is 0. The standard InChI is InChI=1S/C9H10O2S.C9H10OS.C9H10S/c10-12(11)7-3-5-8-4-1-2-6-9(8)12;10-11-6-5-8-3-1-2-4-9(8)7-11;1-2-4-9-7-10-6-5-8(9)3-1/h1-2,4,6H,3,5,7H2;1-4H,5-7H2;1-4H,5-7H2. The van der Waals surface area contributed by atoms with Gasteiger partial charge in [0.25, 0.3) is 0 Å². The molecule has 0 amide bonds. The van der Waals surface area contributed by atoms with E-state index < -0.39 is 20.6 Å². The monoisotopic (exact) mass is 498 g/mol. The second kappa shape index (κ2) is 11.5. The van der Waals surface area contributed by atoms with E-state index >= 15 is 0 Å². The third-order valence-corrected chi connectivity index (χ3v) is 10.3. The van der Waals surface area contributed by atoms with Crippen molar-refractivity contribution in [3.63, 3.8) is 0 Å². The number of fused-ring (bicyclic) bond motifs is 3. The van der Waals surface area contributed by atoms with Crippen LogP contribution in [0, 0.1) is 0 Å². The van der Waals surface area contributed by atoms with Crippen molar-refractivity contribution in [1.29, 1.82) is 0 Å². The highest BCUT2D eigenvalue weighted by atomic mass is 32.2. The lowest BCUT2D eigenvalue weighted by atomic mass is 10.1. The van der Waals surface area contributed by atoms with Gasteiger partial charge in [-0.05, 0) is 65.3 Å². The lowest BCUT2D eigenvalue weighted by molar-refractivity contribution is 0.586. The van der Waals surface area contributed by atoms with Crippen LogP contribution in [-0.4, -0.2) is 29.9 Å². The highest BCUT2D eigenvalue weighted by Gasteiger charge is 2.22. The fourth-order valence-electron chi connectivity index (χ4n) is 4.29. The molecule has 6 rings (SSSR count). The zero-order chi connectivity index (χ0) is 23.1. The number of benzene rings is 3. The molecule has 0 bridgehead atoms. The average Bonchev–Trinajstić information content (AvgIpc) is 2.85. The fraction of sp³-hybridized carbons (Fsp3) is 0.333. The van der Waals surface area contributed by atoms with Crippen LogP contribution >= 0.6 is 11.8 Å². The van der Waals surface area contributed by atoms with Crippen LogP contribution in [0.4, 0.5) is 0 Å². The number of hydrogen-bond acceptors (Lipinski definition) is 4. The van der Waals surface area contributed by atoms with Crippen LogP contribution in [0.25, 0.3) is 0 Å². The quantitative estimate of drug-likeness (QED) is 0.418. The summed E-state index contributed by atoms with van der Waals surface area (Å²) in [6, 6.07) is 24.3. The first-order valence-corrected chi connectivity index (χ1v) is 15.7. The Morgan fingerprint density at radius 1 is 0.697 bits per heavy atom. The lowest BCUT2D eigenvalue weighted by Crippen LogP contribution is -2.15. The molecule has 0 aliphatic carbocycles. The third kappa shape index (κ3) is 6.58. The minimum Gasteiger partial charge on any atom is -0.259 e. The van der Waals surface area contributed by atoms with Crippen LogP contribution < -0.4 is 0 Å². The van der Waals surface area contributed by atoms with Gasteiger partial charge in [0.2, 0.25) is 0 Å². The molecular weight excluding hydrogens is 468 g/mol. The molecule has 3 aliphatic heterocycles. The summed E-state index contributed by atoms with van der Waals surface area (Å²) >= 11 is 2.04. The van der Waals surface area contributed by atoms with Crippen LogP contribution in [-0.2, 0) is 51.4 Å². The van der Waals surface area contributed by atoms with E-state index in [4.69, 9.17) is 0 Å². The number of rotatable bonds is 0. The second-order valence-corrected chi connectivity index (χ2v) is 13.2. The van der Waals surface area contributed by atoms with Crippen molar-refractivity contribution in [3.05, 3.63) is 101 Å². The molecule has 1 unspecified atom stereocenters. The molecular formula is C27H30O3S3. The number of sulfone groups is 1. The van der Waals surface area contributed by atoms with Gasteiger partial charge in [-0.15, -0.1) is 0 Å². The highest BCUT2D eigenvalue weighted by molar-refractivity contribution is 7.98. The average molecular weight is 499 g/mol. The van der Waals surface area contributed by atoms with Gasteiger partial charge in [0.05, 0.1) is 10.6 Å². The van der Waals surface area contributed by atoms with Crippen LogP contribution in [0.1, 0.15) is 34.2 Å². The minimum absolute atomic E-state index is 0.310. The molecule has 174 valence electrons. The first-order valence-electron chi connectivity index (χ1n) is 11.4. The van der Waals surface area contributed by atoms with Gasteiger partial charge in [0.1, 0.15) is 0 Å². The van der Waals surface area contributed by atoms with Crippen molar-refractivity contribution in [3.8, 4) is 0 Å². The Kier molecular flexibility index (Phi) is 8.45. The fourth-order valence-corrected chi connectivity index (χ4v) is 8.12. The molecule has 0 aromatic heterocycles. The van der Waals surface area contributed by atoms with Crippen molar-refractivity contribution in [2.45, 2.75) is 42.1 Å². The molecule has 0 N–H and O–H groups in total. The predicted octanol–water partition coefficient (Wildman–Crippen LogP) is 5.37. The summed E-state index contributed by atoms with van der Waals surface area (Å²) in [6.45, 7) is 0. The topological polar surface area (TPSA) is 51.2 Å². The second-order valence-electron chi connectivity index (χ2n) is 8.41. The zero-order valence-corrected chi connectivity index (χ0v) is 21.2. The summed E-state index contributed by atoms with van der Waals surface area (Å²) in [5, 5.41) is 0. The Balaban J connectivity index is 0.000000118. The van der Waals surface area contributed by atoms with Crippen LogP contribution in [0.5, 0.6) is 0 Å². The van der Waals surface area contributed by atoms with Crippen molar-refractivity contribution in [1.82, 2.24) is 0 Å². The molecule has 3 aromatic rings. The molecule has 0 saturated heterocycles. The number of aryl methyl sites for hydroxylation is 3. The largest absolute Gasteiger partial charge is 0.259 e. The highest BCUT2D eigenvalue weighted by Crippen LogP contribution is 2.24.